The third kappa shape index (κ3) is 0.886. The van der Waals surface area contributed by atoms with Gasteiger partial charge in [0.15, 0.2) is 0 Å². The van der Waals surface area contributed by atoms with Crippen molar-refractivity contribution in [3.63, 3.8) is 0 Å². The minimum Gasteiger partial charge on any atom is -0.322 e. The van der Waals surface area contributed by atoms with E-state index in [2.05, 4.69) is 8.86 Å². The van der Waals surface area contributed by atoms with Crippen molar-refractivity contribution in [2.75, 3.05) is 12.3 Å². The predicted octanol–water partition coefficient (Wildman–Crippen LogP) is 0.339. The fourth-order valence-corrected chi connectivity index (χ4v) is 2.85. The van der Waals surface area contributed by atoms with Crippen LogP contribution in [-0.4, -0.2) is 33.8 Å². The van der Waals surface area contributed by atoms with E-state index in [1.54, 1.807) is 0 Å². The van der Waals surface area contributed by atoms with Crippen molar-refractivity contribution in [2.45, 2.75) is 11.8 Å². The zero-order valence-corrected chi connectivity index (χ0v) is 7.51. The van der Waals surface area contributed by atoms with E-state index in [-0.39, 0.29) is 0 Å². The summed E-state index contributed by atoms with van der Waals surface area (Å²) in [5, 5.41) is 1.85. The molecule has 0 N–H and O–H groups in total. The summed E-state index contributed by atoms with van der Waals surface area (Å²) < 4.78 is 0. The van der Waals surface area contributed by atoms with Crippen molar-refractivity contribution in [3.05, 3.63) is 0 Å². The van der Waals surface area contributed by atoms with Crippen LogP contribution in [0.1, 0.15) is 6.42 Å². The van der Waals surface area contributed by atoms with Gasteiger partial charge in [-0.15, -0.1) is 11.8 Å². The van der Waals surface area contributed by atoms with Crippen LogP contribution in [0.2, 0.25) is 0 Å². The van der Waals surface area contributed by atoms with Gasteiger partial charge in [-0.05, 0) is 0 Å². The Labute approximate surface area is 66.2 Å². The molecule has 0 bridgehead atoms. The van der Waals surface area contributed by atoms with Crippen molar-refractivity contribution < 1.29 is 4.79 Å². The zero-order chi connectivity index (χ0) is 7.14. The van der Waals surface area contributed by atoms with Crippen LogP contribution in [0, 0.1) is 0 Å². The molecule has 2 heterocycles. The van der Waals surface area contributed by atoms with E-state index in [4.69, 9.17) is 0 Å². The lowest BCUT2D eigenvalue weighted by Gasteiger charge is -2.42. The monoisotopic (exact) mass is 174 g/mol. The van der Waals surface area contributed by atoms with Crippen LogP contribution in [0.25, 0.3) is 0 Å². The highest BCUT2D eigenvalue weighted by Gasteiger charge is 2.40. The van der Waals surface area contributed by atoms with Gasteiger partial charge < -0.3 is 4.90 Å². The standard InChI is InChI=1S/C6H8NOPS/c8-5-1-6-7(5)2-4(9)3-10-6/h6,9H,1-3H2/p+1/t6-/m1/s1. The van der Waals surface area contributed by atoms with Gasteiger partial charge in [-0.25, -0.2) is 0 Å². The molecule has 0 saturated carbocycles. The summed E-state index contributed by atoms with van der Waals surface area (Å²) in [6, 6.07) is 0. The summed E-state index contributed by atoms with van der Waals surface area (Å²) >= 11 is 1.87. The van der Waals surface area contributed by atoms with Gasteiger partial charge >= 0.3 is 0 Å². The number of hydrogen-bond acceptors (Lipinski definition) is 2. The van der Waals surface area contributed by atoms with Crippen LogP contribution in [0.5, 0.6) is 0 Å². The Bertz CT molecular complexity index is 200. The molecule has 0 spiro atoms. The first-order valence-corrected chi connectivity index (χ1v) is 4.91. The molecule has 0 aromatic carbocycles. The summed E-state index contributed by atoms with van der Waals surface area (Å²) in [4.78, 5) is 12.8. The van der Waals surface area contributed by atoms with E-state index in [9.17, 15) is 4.79 Å². The predicted molar refractivity (Wildman–Crippen MR) is 47.3 cm³/mol. The highest BCUT2D eigenvalue weighted by Crippen LogP contribution is 2.32. The van der Waals surface area contributed by atoms with Crippen molar-refractivity contribution in [1.82, 2.24) is 4.90 Å². The van der Waals surface area contributed by atoms with Crippen molar-refractivity contribution >= 4 is 31.8 Å². The van der Waals surface area contributed by atoms with Gasteiger partial charge in [0, 0.05) is 0 Å². The molecule has 1 amide bonds. The van der Waals surface area contributed by atoms with Crippen molar-refractivity contribution in [1.29, 1.82) is 0 Å². The molecular formula is C6H9NOPS+. The number of carbonyl (C=O) groups is 1. The summed E-state index contributed by atoms with van der Waals surface area (Å²) in [7, 11) is 2.70. The van der Waals surface area contributed by atoms with Crippen LogP contribution in [-0.2, 0) is 4.79 Å². The summed E-state index contributed by atoms with van der Waals surface area (Å²) in [6.45, 7) is 0.876. The largest absolute Gasteiger partial charge is 0.322 e. The van der Waals surface area contributed by atoms with Crippen LogP contribution in [0.15, 0.2) is 0 Å². The highest BCUT2D eigenvalue weighted by atomic mass is 32.2. The first kappa shape index (κ1) is 6.68. The second-order valence-corrected chi connectivity index (χ2v) is 4.63. The number of hydrogen-bond donors (Lipinski definition) is 0. The van der Waals surface area contributed by atoms with E-state index in [1.165, 1.54) is 5.29 Å². The molecule has 2 atom stereocenters. The molecule has 2 saturated heterocycles. The molecule has 2 aliphatic rings. The Kier molecular flexibility index (Phi) is 1.50. The average molecular weight is 174 g/mol. The minimum absolute atomic E-state index is 0.317. The number of thioether (sulfide) groups is 1. The third-order valence-electron chi connectivity index (χ3n) is 1.85. The molecular weight excluding hydrogens is 165 g/mol. The topological polar surface area (TPSA) is 20.3 Å². The summed E-state index contributed by atoms with van der Waals surface area (Å²) in [5.74, 6) is 1.43. The second kappa shape index (κ2) is 2.24. The molecule has 1 unspecified atom stereocenters. The molecule has 2 fully saturated rings. The molecule has 4 heteroatoms. The second-order valence-electron chi connectivity index (χ2n) is 2.65. The van der Waals surface area contributed by atoms with E-state index < -0.39 is 0 Å². The van der Waals surface area contributed by atoms with Gasteiger partial charge in [0.05, 0.1) is 33.0 Å². The first-order valence-electron chi connectivity index (χ1n) is 3.28. The van der Waals surface area contributed by atoms with E-state index in [0.29, 0.717) is 11.3 Å². The maximum Gasteiger partial charge on any atom is 0.226 e. The Morgan fingerprint density at radius 1 is 1.70 bits per heavy atom. The lowest BCUT2D eigenvalue weighted by Crippen LogP contribution is -2.55. The van der Waals surface area contributed by atoms with Crippen molar-refractivity contribution in [3.8, 4) is 0 Å². The van der Waals surface area contributed by atoms with Crippen molar-refractivity contribution in [2.24, 2.45) is 0 Å². The minimum atomic E-state index is 0.317. The van der Waals surface area contributed by atoms with Gasteiger partial charge in [-0.2, -0.15) is 0 Å². The number of β-lactam (4-membered cyclic amide) rings is 1. The summed E-state index contributed by atoms with van der Waals surface area (Å²) in [6.07, 6.45) is 0.766. The van der Waals surface area contributed by atoms with Crippen LogP contribution < -0.4 is 0 Å². The number of nitrogens with zero attached hydrogens (tertiary/aromatic N) is 1. The molecule has 2 rings (SSSR count). The quantitative estimate of drug-likeness (QED) is 0.390. The molecule has 2 nitrogen and oxygen atoms in total. The van der Waals surface area contributed by atoms with Gasteiger partial charge in [-0.3, -0.25) is 4.79 Å². The SMILES string of the molecule is O=C1C[C@H]2SCC(=[PH2+])CN12. The maximum absolute atomic E-state index is 10.9. The van der Waals surface area contributed by atoms with Crippen LogP contribution in [0.3, 0.4) is 0 Å². The lowest BCUT2D eigenvalue weighted by molar-refractivity contribution is -0.140. The Hall–Kier alpha value is -0.0100. The molecule has 2 aliphatic heterocycles. The Morgan fingerprint density at radius 3 is 3.10 bits per heavy atom. The Balaban J connectivity index is 2.07. The maximum atomic E-state index is 10.9. The zero-order valence-electron chi connectivity index (χ0n) is 5.54. The van der Waals surface area contributed by atoms with Crippen LogP contribution >= 0.6 is 20.6 Å². The van der Waals surface area contributed by atoms with E-state index >= 15 is 0 Å². The Morgan fingerprint density at radius 2 is 2.50 bits per heavy atom. The fourth-order valence-electron chi connectivity index (χ4n) is 1.23. The number of carbonyl (C=O) groups excluding carboxylic acids is 1. The number of fused-ring (bicyclic) bond motifs is 1. The molecule has 10 heavy (non-hydrogen) atoms. The fraction of sp³-hybridized carbons (Fsp3) is 0.667. The first-order chi connectivity index (χ1) is 4.77. The summed E-state index contributed by atoms with van der Waals surface area (Å²) in [5.41, 5.74) is 0. The van der Waals surface area contributed by atoms with E-state index in [0.717, 1.165) is 18.7 Å². The van der Waals surface area contributed by atoms with Gasteiger partial charge in [0.25, 0.3) is 0 Å². The molecule has 0 aromatic rings. The van der Waals surface area contributed by atoms with E-state index in [1.807, 2.05) is 16.7 Å². The molecule has 0 aliphatic carbocycles. The number of rotatable bonds is 0. The van der Waals surface area contributed by atoms with Gasteiger partial charge in [-0.1, -0.05) is 0 Å². The van der Waals surface area contributed by atoms with Gasteiger partial charge in [0.1, 0.15) is 5.29 Å². The molecule has 54 valence electrons. The third-order valence-corrected chi connectivity index (χ3v) is 3.88. The molecule has 0 radical (unpaired) electrons. The number of amides is 1. The normalized spacial score (nSPS) is 31.6. The average Bonchev–Trinajstić information content (AvgIpc) is 1.92. The molecule has 0 aromatic heterocycles. The lowest BCUT2D eigenvalue weighted by atomic mass is 10.2. The van der Waals surface area contributed by atoms with Crippen LogP contribution in [0.4, 0.5) is 0 Å². The smallest absolute Gasteiger partial charge is 0.226 e. The van der Waals surface area contributed by atoms with Gasteiger partial charge in [0.2, 0.25) is 5.91 Å². The highest BCUT2D eigenvalue weighted by molar-refractivity contribution is 8.01.